The number of amides is 2. The molecule has 2 amide bonds. The Morgan fingerprint density at radius 1 is 1.00 bits per heavy atom. The Bertz CT molecular complexity index is 909. The van der Waals surface area contributed by atoms with Crippen LogP contribution in [0.25, 0.3) is 0 Å². The van der Waals surface area contributed by atoms with Gasteiger partial charge in [0.25, 0.3) is 5.91 Å². The van der Waals surface area contributed by atoms with Crippen LogP contribution in [0.4, 0.5) is 0 Å². The van der Waals surface area contributed by atoms with Gasteiger partial charge in [0, 0.05) is 43.5 Å². The molecule has 2 fully saturated rings. The van der Waals surface area contributed by atoms with Gasteiger partial charge in [-0.15, -0.1) is 0 Å². The third-order valence-electron chi connectivity index (χ3n) is 6.41. The molecule has 0 spiro atoms. The molecule has 0 aliphatic carbocycles. The van der Waals surface area contributed by atoms with Crippen molar-refractivity contribution in [2.45, 2.75) is 26.3 Å². The summed E-state index contributed by atoms with van der Waals surface area (Å²) in [6, 6.07) is 15.9. The first-order valence-electron chi connectivity index (χ1n) is 10.3. The second kappa shape index (κ2) is 7.99. The summed E-state index contributed by atoms with van der Waals surface area (Å²) in [5.74, 6) is 0.535. The zero-order valence-electron chi connectivity index (χ0n) is 17.0. The third kappa shape index (κ3) is 3.67. The Hall–Kier alpha value is -2.66. The van der Waals surface area contributed by atoms with E-state index in [2.05, 4.69) is 19.1 Å². The molecule has 0 bridgehead atoms. The highest BCUT2D eigenvalue weighted by Gasteiger charge is 2.50. The van der Waals surface area contributed by atoms with Gasteiger partial charge in [0.1, 0.15) is 0 Å². The minimum atomic E-state index is -0.121. The lowest BCUT2D eigenvalue weighted by molar-refractivity contribution is -0.131. The van der Waals surface area contributed by atoms with Gasteiger partial charge in [0.15, 0.2) is 0 Å². The number of hydrogen-bond acceptors (Lipinski definition) is 3. The van der Waals surface area contributed by atoms with Crippen molar-refractivity contribution in [1.29, 1.82) is 0 Å². The number of carbonyl (C=O) groups excluding carboxylic acids is 2. The summed E-state index contributed by atoms with van der Waals surface area (Å²) in [7, 11) is 0. The molecule has 2 aromatic rings. The molecule has 2 heterocycles. The van der Waals surface area contributed by atoms with E-state index in [4.69, 9.17) is 5.11 Å². The number of aliphatic hydroxyl groups is 1. The lowest BCUT2D eigenvalue weighted by atomic mass is 9.87. The van der Waals surface area contributed by atoms with Crippen LogP contribution in [0.15, 0.2) is 48.5 Å². The Kier molecular flexibility index (Phi) is 5.41. The van der Waals surface area contributed by atoms with E-state index in [9.17, 15) is 9.59 Å². The topological polar surface area (TPSA) is 60.9 Å². The van der Waals surface area contributed by atoms with Crippen LogP contribution in [0.3, 0.4) is 0 Å². The van der Waals surface area contributed by atoms with E-state index in [-0.39, 0.29) is 42.7 Å². The molecular formula is C24H28N2O3. The third-order valence-corrected chi connectivity index (χ3v) is 6.41. The number of nitrogens with zero attached hydrogens (tertiary/aromatic N) is 2. The number of likely N-dealkylation sites (tertiary alicyclic amines) is 2. The molecular weight excluding hydrogens is 364 g/mol. The fraction of sp³-hybridized carbons (Fsp3) is 0.417. The first-order chi connectivity index (χ1) is 14.0. The van der Waals surface area contributed by atoms with Crippen LogP contribution in [0.5, 0.6) is 0 Å². The van der Waals surface area contributed by atoms with Crippen molar-refractivity contribution in [1.82, 2.24) is 9.80 Å². The minimum Gasteiger partial charge on any atom is -0.396 e. The number of carbonyl (C=O) groups is 2. The van der Waals surface area contributed by atoms with Gasteiger partial charge in [-0.05, 0) is 37.1 Å². The van der Waals surface area contributed by atoms with Crippen molar-refractivity contribution in [2.24, 2.45) is 11.8 Å². The van der Waals surface area contributed by atoms with Crippen molar-refractivity contribution in [3.05, 3.63) is 70.8 Å². The van der Waals surface area contributed by atoms with Gasteiger partial charge in [-0.1, -0.05) is 42.0 Å². The smallest absolute Gasteiger partial charge is 0.254 e. The fourth-order valence-electron chi connectivity index (χ4n) is 4.89. The van der Waals surface area contributed by atoms with Crippen LogP contribution in [0.1, 0.15) is 39.5 Å². The number of fused-ring (bicyclic) bond motifs is 1. The monoisotopic (exact) mass is 392 g/mol. The highest BCUT2D eigenvalue weighted by atomic mass is 16.3. The normalized spacial score (nSPS) is 23.3. The van der Waals surface area contributed by atoms with Crippen molar-refractivity contribution < 1.29 is 14.7 Å². The average Bonchev–Trinajstić information content (AvgIpc) is 3.27. The molecule has 29 heavy (non-hydrogen) atoms. The Balaban J connectivity index is 1.66. The summed E-state index contributed by atoms with van der Waals surface area (Å²) in [5, 5.41) is 9.13. The number of benzene rings is 2. The van der Waals surface area contributed by atoms with Gasteiger partial charge in [-0.25, -0.2) is 0 Å². The van der Waals surface area contributed by atoms with Gasteiger partial charge in [-0.3, -0.25) is 9.59 Å². The summed E-state index contributed by atoms with van der Waals surface area (Å²) in [6.45, 7) is 5.93. The number of aryl methyl sites for hydroxylation is 2. The van der Waals surface area contributed by atoms with Crippen LogP contribution in [-0.4, -0.2) is 53.0 Å². The highest BCUT2D eigenvalue weighted by Crippen LogP contribution is 2.46. The van der Waals surface area contributed by atoms with Crippen LogP contribution in [0, 0.1) is 25.7 Å². The largest absolute Gasteiger partial charge is 0.396 e. The summed E-state index contributed by atoms with van der Waals surface area (Å²) in [5.41, 5.74) is 4.17. The molecule has 0 aromatic heterocycles. The second-order valence-corrected chi connectivity index (χ2v) is 8.32. The number of rotatable bonds is 4. The first-order valence-corrected chi connectivity index (χ1v) is 10.3. The van der Waals surface area contributed by atoms with E-state index in [1.165, 1.54) is 5.56 Å². The number of aliphatic hydroxyl groups excluding tert-OH is 1. The SMILES string of the molecule is Cc1ccc(C(=O)N2C[C@@H]3CN(C(=O)CCO)C[C@@H]3[C@H]2c2ccccc2C)cc1. The molecule has 2 aromatic carbocycles. The van der Waals surface area contributed by atoms with Gasteiger partial charge in [-0.2, -0.15) is 0 Å². The maximum Gasteiger partial charge on any atom is 0.254 e. The predicted octanol–water partition coefficient (Wildman–Crippen LogP) is 2.96. The molecule has 1 N–H and O–H groups in total. The maximum absolute atomic E-state index is 13.4. The Morgan fingerprint density at radius 3 is 2.41 bits per heavy atom. The van der Waals surface area contributed by atoms with Crippen molar-refractivity contribution in [3.63, 3.8) is 0 Å². The van der Waals surface area contributed by atoms with Crippen LogP contribution < -0.4 is 0 Å². The molecule has 3 atom stereocenters. The van der Waals surface area contributed by atoms with Gasteiger partial charge in [0.05, 0.1) is 12.6 Å². The number of hydrogen-bond donors (Lipinski definition) is 1. The predicted molar refractivity (Wildman–Crippen MR) is 111 cm³/mol. The molecule has 2 aliphatic heterocycles. The molecule has 2 aliphatic rings. The summed E-state index contributed by atoms with van der Waals surface area (Å²) in [6.07, 6.45) is 0.167. The zero-order valence-corrected chi connectivity index (χ0v) is 17.0. The quantitative estimate of drug-likeness (QED) is 0.870. The van der Waals surface area contributed by atoms with Crippen LogP contribution in [0.2, 0.25) is 0 Å². The van der Waals surface area contributed by atoms with E-state index in [1.807, 2.05) is 53.1 Å². The molecule has 2 saturated heterocycles. The van der Waals surface area contributed by atoms with Crippen LogP contribution in [-0.2, 0) is 4.79 Å². The standard InChI is InChI=1S/C24H28N2O3/c1-16-7-9-18(10-8-16)24(29)26-14-19-13-25(22(28)11-12-27)15-21(19)23(26)20-6-4-3-5-17(20)2/h3-10,19,21,23,27H,11-15H2,1-2H3/t19-,21-,23+/m0/s1. The van der Waals surface area contributed by atoms with Crippen molar-refractivity contribution in [2.75, 3.05) is 26.2 Å². The molecule has 152 valence electrons. The first kappa shape index (κ1) is 19.6. The lowest BCUT2D eigenvalue weighted by Gasteiger charge is -2.31. The van der Waals surface area contributed by atoms with Crippen molar-refractivity contribution in [3.8, 4) is 0 Å². The summed E-state index contributed by atoms with van der Waals surface area (Å²) >= 11 is 0. The molecule has 4 rings (SSSR count). The molecule has 5 nitrogen and oxygen atoms in total. The van der Waals surface area contributed by atoms with Crippen LogP contribution >= 0.6 is 0 Å². The molecule has 0 unspecified atom stereocenters. The van der Waals surface area contributed by atoms with E-state index < -0.39 is 0 Å². The Labute approximate surface area is 171 Å². The zero-order chi connectivity index (χ0) is 20.5. The van der Waals surface area contributed by atoms with Crippen molar-refractivity contribution >= 4 is 11.8 Å². The average molecular weight is 392 g/mol. The molecule has 0 saturated carbocycles. The fourth-order valence-corrected chi connectivity index (χ4v) is 4.89. The lowest BCUT2D eigenvalue weighted by Crippen LogP contribution is -2.37. The maximum atomic E-state index is 13.4. The van der Waals surface area contributed by atoms with Gasteiger partial charge in [0.2, 0.25) is 5.91 Å². The Morgan fingerprint density at radius 2 is 1.72 bits per heavy atom. The van der Waals surface area contributed by atoms with Gasteiger partial charge < -0.3 is 14.9 Å². The second-order valence-electron chi connectivity index (χ2n) is 8.32. The summed E-state index contributed by atoms with van der Waals surface area (Å²) in [4.78, 5) is 29.6. The highest BCUT2D eigenvalue weighted by molar-refractivity contribution is 5.95. The molecule has 5 heteroatoms. The summed E-state index contributed by atoms with van der Waals surface area (Å²) < 4.78 is 0. The van der Waals surface area contributed by atoms with E-state index in [1.54, 1.807) is 0 Å². The van der Waals surface area contributed by atoms with E-state index >= 15 is 0 Å². The molecule has 0 radical (unpaired) electrons. The minimum absolute atomic E-state index is 0.00171. The van der Waals surface area contributed by atoms with E-state index in [0.29, 0.717) is 25.2 Å². The van der Waals surface area contributed by atoms with Gasteiger partial charge >= 0.3 is 0 Å². The van der Waals surface area contributed by atoms with E-state index in [0.717, 1.165) is 11.1 Å².